The maximum Gasteiger partial charge on any atom is 0.253 e. The van der Waals surface area contributed by atoms with Gasteiger partial charge >= 0.3 is 0 Å². The first kappa shape index (κ1) is 16.6. The van der Waals surface area contributed by atoms with Crippen molar-refractivity contribution in [3.05, 3.63) is 54.1 Å². The van der Waals surface area contributed by atoms with E-state index in [0.29, 0.717) is 12.1 Å². The van der Waals surface area contributed by atoms with Crippen molar-refractivity contribution in [3.63, 3.8) is 0 Å². The Morgan fingerprint density at radius 1 is 0.955 bits per heavy atom. The normalized spacial score (nSPS) is 10.8. The van der Waals surface area contributed by atoms with Gasteiger partial charge in [-0.25, -0.2) is 0 Å². The predicted octanol–water partition coefficient (Wildman–Crippen LogP) is 3.28. The van der Waals surface area contributed by atoms with Gasteiger partial charge < -0.3 is 9.80 Å². The Kier molecular flexibility index (Phi) is 5.63. The van der Waals surface area contributed by atoms with Gasteiger partial charge in [-0.1, -0.05) is 24.3 Å². The number of carbonyl (C=O) groups excluding carboxylic acids is 1. The zero-order valence-electron chi connectivity index (χ0n) is 13.3. The molecule has 3 nitrogen and oxygen atoms in total. The van der Waals surface area contributed by atoms with E-state index in [1.807, 2.05) is 69.7 Å². The number of rotatable bonds is 5. The Hall–Kier alpha value is -1.78. The van der Waals surface area contributed by atoms with Gasteiger partial charge in [0.2, 0.25) is 0 Å². The van der Waals surface area contributed by atoms with Gasteiger partial charge in [0.05, 0.1) is 0 Å². The van der Waals surface area contributed by atoms with Gasteiger partial charge in [-0.05, 0) is 49.5 Å². The summed E-state index contributed by atoms with van der Waals surface area (Å²) in [5, 5.41) is 0. The number of thiol groups is 1. The molecule has 1 amide bonds. The summed E-state index contributed by atoms with van der Waals surface area (Å²) in [4.78, 5) is 17.2. The Morgan fingerprint density at radius 2 is 1.59 bits per heavy atom. The van der Waals surface area contributed by atoms with Crippen LogP contribution in [0.1, 0.15) is 10.4 Å². The number of nitrogens with zero attached hydrogens (tertiary/aromatic N) is 2. The second-order valence-electron chi connectivity index (χ2n) is 5.66. The fourth-order valence-electron chi connectivity index (χ4n) is 2.19. The third-order valence-electron chi connectivity index (χ3n) is 3.52. The largest absolute Gasteiger partial charge is 0.340 e. The van der Waals surface area contributed by atoms with Crippen molar-refractivity contribution < 1.29 is 4.79 Å². The van der Waals surface area contributed by atoms with Crippen molar-refractivity contribution in [2.24, 2.45) is 0 Å². The first-order valence-electron chi connectivity index (χ1n) is 7.27. The molecule has 0 heterocycles. The molecule has 116 valence electrons. The standard InChI is InChI=1S/C18H22N2OS/c1-19(2)10-11-20(3)18(21)16-8-4-6-14(12-16)15-7-5-9-17(22)13-15/h4-9,12-13,22H,10-11H2,1-3H3. The Bertz CT molecular complexity index is 655. The summed E-state index contributed by atoms with van der Waals surface area (Å²) in [7, 11) is 5.85. The molecule has 4 heteroatoms. The molecule has 2 aromatic carbocycles. The van der Waals surface area contributed by atoms with Gasteiger partial charge in [0.15, 0.2) is 0 Å². The zero-order valence-corrected chi connectivity index (χ0v) is 14.2. The van der Waals surface area contributed by atoms with Crippen LogP contribution in [0, 0.1) is 0 Å². The molecule has 0 saturated heterocycles. The summed E-state index contributed by atoms with van der Waals surface area (Å²) in [6, 6.07) is 15.7. The van der Waals surface area contributed by atoms with Crippen molar-refractivity contribution in [2.45, 2.75) is 4.90 Å². The molecule has 0 aliphatic rings. The third kappa shape index (κ3) is 4.36. The van der Waals surface area contributed by atoms with Crippen LogP contribution in [-0.4, -0.2) is 49.9 Å². The van der Waals surface area contributed by atoms with Crippen LogP contribution in [0.15, 0.2) is 53.4 Å². The van der Waals surface area contributed by atoms with E-state index < -0.39 is 0 Å². The highest BCUT2D eigenvalue weighted by Crippen LogP contribution is 2.23. The maximum atomic E-state index is 12.5. The van der Waals surface area contributed by atoms with Crippen LogP contribution >= 0.6 is 12.6 Å². The van der Waals surface area contributed by atoms with E-state index in [4.69, 9.17) is 0 Å². The molecular weight excluding hydrogens is 292 g/mol. The van der Waals surface area contributed by atoms with E-state index in [1.54, 1.807) is 4.90 Å². The summed E-state index contributed by atoms with van der Waals surface area (Å²) in [6.07, 6.45) is 0. The summed E-state index contributed by atoms with van der Waals surface area (Å²) in [5.74, 6) is 0.0470. The van der Waals surface area contributed by atoms with Gasteiger partial charge in [0.25, 0.3) is 5.91 Å². The minimum atomic E-state index is 0.0470. The Morgan fingerprint density at radius 3 is 2.23 bits per heavy atom. The molecule has 0 saturated carbocycles. The fourth-order valence-corrected chi connectivity index (χ4v) is 2.41. The van der Waals surface area contributed by atoms with Crippen LogP contribution in [-0.2, 0) is 0 Å². The lowest BCUT2D eigenvalue weighted by molar-refractivity contribution is 0.0786. The molecule has 0 N–H and O–H groups in total. The highest BCUT2D eigenvalue weighted by molar-refractivity contribution is 7.80. The van der Waals surface area contributed by atoms with Gasteiger partial charge in [-0.15, -0.1) is 12.6 Å². The molecule has 2 aromatic rings. The molecule has 0 aliphatic heterocycles. The molecule has 0 aromatic heterocycles. The third-order valence-corrected chi connectivity index (χ3v) is 3.80. The number of hydrogen-bond donors (Lipinski definition) is 1. The second kappa shape index (κ2) is 7.47. The molecule has 0 unspecified atom stereocenters. The van der Waals surface area contributed by atoms with E-state index in [9.17, 15) is 4.79 Å². The number of amides is 1. The van der Waals surface area contributed by atoms with E-state index in [1.165, 1.54) is 0 Å². The molecular formula is C18H22N2OS. The first-order valence-corrected chi connectivity index (χ1v) is 7.72. The van der Waals surface area contributed by atoms with Crippen molar-refractivity contribution in [1.82, 2.24) is 9.80 Å². The van der Waals surface area contributed by atoms with Crippen LogP contribution in [0.5, 0.6) is 0 Å². The zero-order chi connectivity index (χ0) is 16.1. The van der Waals surface area contributed by atoms with Crippen LogP contribution < -0.4 is 0 Å². The number of hydrogen-bond acceptors (Lipinski definition) is 3. The van der Waals surface area contributed by atoms with Crippen LogP contribution in [0.4, 0.5) is 0 Å². The van der Waals surface area contributed by atoms with E-state index >= 15 is 0 Å². The Labute approximate surface area is 138 Å². The SMILES string of the molecule is CN(C)CCN(C)C(=O)c1cccc(-c2cccc(S)c2)c1. The van der Waals surface area contributed by atoms with Gasteiger partial charge in [0, 0.05) is 30.6 Å². The topological polar surface area (TPSA) is 23.6 Å². The summed E-state index contributed by atoms with van der Waals surface area (Å²) >= 11 is 4.37. The lowest BCUT2D eigenvalue weighted by Gasteiger charge is -2.20. The molecule has 0 fully saturated rings. The number of carbonyl (C=O) groups is 1. The molecule has 0 spiro atoms. The highest BCUT2D eigenvalue weighted by atomic mass is 32.1. The lowest BCUT2D eigenvalue weighted by atomic mass is 10.0. The maximum absolute atomic E-state index is 12.5. The van der Waals surface area contributed by atoms with Crippen LogP contribution in [0.25, 0.3) is 11.1 Å². The average Bonchev–Trinajstić information content (AvgIpc) is 2.52. The lowest BCUT2D eigenvalue weighted by Crippen LogP contribution is -2.33. The Balaban J connectivity index is 2.19. The summed E-state index contributed by atoms with van der Waals surface area (Å²) in [6.45, 7) is 1.56. The quantitative estimate of drug-likeness (QED) is 0.856. The van der Waals surface area contributed by atoms with E-state index in [0.717, 1.165) is 22.6 Å². The second-order valence-corrected chi connectivity index (χ2v) is 6.18. The number of benzene rings is 2. The fraction of sp³-hybridized carbons (Fsp3) is 0.278. The van der Waals surface area contributed by atoms with Gasteiger partial charge in [0.1, 0.15) is 0 Å². The van der Waals surface area contributed by atoms with Crippen LogP contribution in [0.3, 0.4) is 0 Å². The molecule has 0 bridgehead atoms. The number of likely N-dealkylation sites (N-methyl/N-ethyl adjacent to an activating group) is 2. The minimum Gasteiger partial charge on any atom is -0.340 e. The molecule has 0 radical (unpaired) electrons. The van der Waals surface area contributed by atoms with Crippen molar-refractivity contribution in [1.29, 1.82) is 0 Å². The smallest absolute Gasteiger partial charge is 0.253 e. The van der Waals surface area contributed by atoms with Crippen LogP contribution in [0.2, 0.25) is 0 Å². The van der Waals surface area contributed by atoms with E-state index in [-0.39, 0.29) is 5.91 Å². The predicted molar refractivity (Wildman–Crippen MR) is 94.6 cm³/mol. The molecule has 2 rings (SSSR count). The monoisotopic (exact) mass is 314 g/mol. The minimum absolute atomic E-state index is 0.0470. The van der Waals surface area contributed by atoms with Crippen molar-refractivity contribution >= 4 is 18.5 Å². The van der Waals surface area contributed by atoms with Crippen molar-refractivity contribution in [2.75, 3.05) is 34.2 Å². The summed E-state index contributed by atoms with van der Waals surface area (Å²) < 4.78 is 0. The highest BCUT2D eigenvalue weighted by Gasteiger charge is 2.12. The molecule has 22 heavy (non-hydrogen) atoms. The van der Waals surface area contributed by atoms with Gasteiger partial charge in [-0.2, -0.15) is 0 Å². The summed E-state index contributed by atoms with van der Waals surface area (Å²) in [5.41, 5.74) is 2.81. The van der Waals surface area contributed by atoms with Crippen molar-refractivity contribution in [3.8, 4) is 11.1 Å². The molecule has 0 atom stereocenters. The first-order chi connectivity index (χ1) is 10.5. The molecule has 0 aliphatic carbocycles. The van der Waals surface area contributed by atoms with E-state index in [2.05, 4.69) is 17.5 Å². The average molecular weight is 314 g/mol. The van der Waals surface area contributed by atoms with Gasteiger partial charge in [-0.3, -0.25) is 4.79 Å².